The van der Waals surface area contributed by atoms with Crippen molar-refractivity contribution >= 4 is 22.1 Å². The summed E-state index contributed by atoms with van der Waals surface area (Å²) in [6.07, 6.45) is 1.59. The summed E-state index contributed by atoms with van der Waals surface area (Å²) >= 11 is 1.52. The van der Waals surface area contributed by atoms with Gasteiger partial charge in [0.2, 0.25) is 0 Å². The molecule has 5 nitrogen and oxygen atoms in total. The lowest BCUT2D eigenvalue weighted by Crippen LogP contribution is -2.28. The molecule has 3 N–H and O–H groups in total. The summed E-state index contributed by atoms with van der Waals surface area (Å²) in [4.78, 5) is 16.9. The molecule has 16 heavy (non-hydrogen) atoms. The Morgan fingerprint density at radius 2 is 2.50 bits per heavy atom. The summed E-state index contributed by atoms with van der Waals surface area (Å²) in [5.74, 6) is -0.0803. The first-order chi connectivity index (χ1) is 7.65. The first kappa shape index (κ1) is 11.3. The van der Waals surface area contributed by atoms with Crippen molar-refractivity contribution in [3.05, 3.63) is 23.0 Å². The van der Waals surface area contributed by atoms with E-state index in [1.54, 1.807) is 13.1 Å². The van der Waals surface area contributed by atoms with Crippen LogP contribution in [0.4, 0.5) is 0 Å². The van der Waals surface area contributed by atoms with Gasteiger partial charge in [0.05, 0.1) is 12.2 Å². The smallest absolute Gasteiger partial charge is 0.197 e. The van der Waals surface area contributed by atoms with E-state index in [0.29, 0.717) is 12.2 Å². The molecule has 0 spiro atoms. The zero-order chi connectivity index (χ0) is 11.7. The van der Waals surface area contributed by atoms with Crippen LogP contribution in [0.2, 0.25) is 0 Å². The number of hydrogen-bond donors (Lipinski definition) is 2. The van der Waals surface area contributed by atoms with Gasteiger partial charge in [0.15, 0.2) is 10.7 Å². The predicted molar refractivity (Wildman–Crippen MR) is 63.8 cm³/mol. The highest BCUT2D eigenvalue weighted by Gasteiger charge is 2.18. The van der Waals surface area contributed by atoms with Crippen LogP contribution in [-0.2, 0) is 6.54 Å². The summed E-state index contributed by atoms with van der Waals surface area (Å²) in [5, 5.41) is 5.06. The Morgan fingerprint density at radius 1 is 1.75 bits per heavy atom. The van der Waals surface area contributed by atoms with Crippen molar-refractivity contribution in [2.75, 3.05) is 7.05 Å². The lowest BCUT2D eigenvalue weighted by molar-refractivity contribution is 0.0962. The van der Waals surface area contributed by atoms with E-state index in [1.165, 1.54) is 11.3 Å². The molecule has 2 rings (SSSR count). The third kappa shape index (κ3) is 1.75. The van der Waals surface area contributed by atoms with E-state index in [-0.39, 0.29) is 5.78 Å². The van der Waals surface area contributed by atoms with Gasteiger partial charge in [0, 0.05) is 17.6 Å². The normalized spacial score (nSPS) is 13.2. The number of imidazole rings is 1. The monoisotopic (exact) mass is 238 g/mol. The van der Waals surface area contributed by atoms with Crippen molar-refractivity contribution in [3.8, 4) is 0 Å². The molecular weight excluding hydrogens is 224 g/mol. The van der Waals surface area contributed by atoms with Crippen LogP contribution in [0.25, 0.3) is 4.96 Å². The quantitative estimate of drug-likeness (QED) is 0.767. The maximum atomic E-state index is 11.9. The topological polar surface area (TPSA) is 72.4 Å². The van der Waals surface area contributed by atoms with Gasteiger partial charge in [-0.3, -0.25) is 9.20 Å². The second-order valence-electron chi connectivity index (χ2n) is 3.67. The van der Waals surface area contributed by atoms with Gasteiger partial charge in [-0.25, -0.2) is 4.98 Å². The fourth-order valence-corrected chi connectivity index (χ4v) is 2.44. The largest absolute Gasteiger partial charge is 0.321 e. The highest BCUT2D eigenvalue weighted by molar-refractivity contribution is 7.15. The predicted octanol–water partition coefficient (Wildman–Crippen LogP) is 0.645. The van der Waals surface area contributed by atoms with Gasteiger partial charge in [-0.15, -0.1) is 11.3 Å². The lowest BCUT2D eigenvalue weighted by atomic mass is 10.2. The number of aromatic nitrogens is 2. The molecule has 0 radical (unpaired) electrons. The van der Waals surface area contributed by atoms with Crippen LogP contribution in [0.3, 0.4) is 0 Å². The lowest BCUT2D eigenvalue weighted by Gasteiger charge is -2.05. The third-order valence-electron chi connectivity index (χ3n) is 2.34. The average molecular weight is 238 g/mol. The Bertz CT molecular complexity index is 514. The Morgan fingerprint density at radius 3 is 3.12 bits per heavy atom. The van der Waals surface area contributed by atoms with Gasteiger partial charge >= 0.3 is 0 Å². The second kappa shape index (κ2) is 4.32. The van der Waals surface area contributed by atoms with Crippen molar-refractivity contribution in [1.82, 2.24) is 14.7 Å². The molecule has 2 aromatic heterocycles. The minimum absolute atomic E-state index is 0.0803. The van der Waals surface area contributed by atoms with Crippen LogP contribution in [0.5, 0.6) is 0 Å². The second-order valence-corrected chi connectivity index (χ2v) is 4.51. The molecule has 0 saturated heterocycles. The molecule has 0 aromatic carbocycles. The van der Waals surface area contributed by atoms with Crippen molar-refractivity contribution in [3.63, 3.8) is 0 Å². The fourth-order valence-electron chi connectivity index (χ4n) is 1.58. The zero-order valence-corrected chi connectivity index (χ0v) is 10.0. The van der Waals surface area contributed by atoms with Crippen LogP contribution in [-0.4, -0.2) is 28.3 Å². The van der Waals surface area contributed by atoms with Crippen LogP contribution in [0, 0.1) is 0 Å². The van der Waals surface area contributed by atoms with Gasteiger partial charge in [-0.05, 0) is 14.0 Å². The van der Waals surface area contributed by atoms with Crippen molar-refractivity contribution in [2.45, 2.75) is 19.5 Å². The highest BCUT2D eigenvalue weighted by Crippen LogP contribution is 2.18. The number of ketones is 1. The van der Waals surface area contributed by atoms with Crippen LogP contribution < -0.4 is 11.1 Å². The van der Waals surface area contributed by atoms with Gasteiger partial charge in [-0.1, -0.05) is 0 Å². The summed E-state index contributed by atoms with van der Waals surface area (Å²) in [6, 6.07) is -0.498. The number of nitrogens with two attached hydrogens (primary N) is 1. The molecule has 0 unspecified atom stereocenters. The maximum absolute atomic E-state index is 11.9. The molecule has 0 fully saturated rings. The van der Waals surface area contributed by atoms with Gasteiger partial charge in [0.25, 0.3) is 0 Å². The van der Waals surface area contributed by atoms with Gasteiger partial charge in [-0.2, -0.15) is 0 Å². The summed E-state index contributed by atoms with van der Waals surface area (Å²) in [5.41, 5.74) is 7.21. The van der Waals surface area contributed by atoms with Crippen molar-refractivity contribution in [1.29, 1.82) is 0 Å². The number of rotatable bonds is 4. The molecule has 1 atom stereocenters. The number of carbonyl (C=O) groups is 1. The number of nitrogens with zero attached hydrogens (tertiary/aromatic N) is 2. The van der Waals surface area contributed by atoms with Crippen molar-refractivity contribution < 1.29 is 4.79 Å². The molecule has 0 bridgehead atoms. The molecule has 0 aliphatic heterocycles. The minimum Gasteiger partial charge on any atom is -0.321 e. The van der Waals surface area contributed by atoms with Crippen LogP contribution >= 0.6 is 11.3 Å². The average Bonchev–Trinajstić information content (AvgIpc) is 2.80. The Labute approximate surface area is 97.3 Å². The molecule has 6 heteroatoms. The standard InChI is InChI=1S/C10H14N4OS/c1-6(11)9(15)8-4-13-10-14(8)7(3-12-2)5-16-10/h4-6,12H,3,11H2,1-2H3/t6-/m0/s1. The molecule has 0 saturated carbocycles. The molecular formula is C10H14N4OS. The van der Waals surface area contributed by atoms with E-state index in [2.05, 4.69) is 10.3 Å². The summed E-state index contributed by atoms with van der Waals surface area (Å²) < 4.78 is 1.87. The summed E-state index contributed by atoms with van der Waals surface area (Å²) in [6.45, 7) is 2.39. The number of nitrogens with one attached hydrogen (secondary N) is 1. The first-order valence-corrected chi connectivity index (χ1v) is 5.91. The molecule has 86 valence electrons. The highest BCUT2D eigenvalue weighted by atomic mass is 32.1. The van der Waals surface area contributed by atoms with E-state index in [9.17, 15) is 4.79 Å². The Hall–Kier alpha value is -1.24. The number of hydrogen-bond acceptors (Lipinski definition) is 5. The first-order valence-electron chi connectivity index (χ1n) is 5.03. The van der Waals surface area contributed by atoms with E-state index in [4.69, 9.17) is 5.73 Å². The molecule has 0 amide bonds. The number of carbonyl (C=O) groups excluding carboxylic acids is 1. The number of fused-ring (bicyclic) bond motifs is 1. The minimum atomic E-state index is -0.498. The summed E-state index contributed by atoms with van der Waals surface area (Å²) in [7, 11) is 1.87. The molecule has 2 aromatic rings. The van der Waals surface area contributed by atoms with Gasteiger partial charge < -0.3 is 11.1 Å². The van der Waals surface area contributed by atoms with E-state index >= 15 is 0 Å². The Kier molecular flexibility index (Phi) is 3.04. The van der Waals surface area contributed by atoms with Crippen LogP contribution in [0.15, 0.2) is 11.6 Å². The SMILES string of the molecule is CNCc1csc2ncc(C(=O)[C@H](C)N)n12. The van der Waals surface area contributed by atoms with E-state index in [0.717, 1.165) is 10.7 Å². The van der Waals surface area contributed by atoms with E-state index in [1.807, 2.05) is 16.8 Å². The van der Waals surface area contributed by atoms with Crippen molar-refractivity contribution in [2.24, 2.45) is 5.73 Å². The fraction of sp³-hybridized carbons (Fsp3) is 0.400. The molecule has 2 heterocycles. The van der Waals surface area contributed by atoms with Crippen LogP contribution in [0.1, 0.15) is 23.1 Å². The number of thiazole rings is 1. The van der Waals surface area contributed by atoms with E-state index < -0.39 is 6.04 Å². The zero-order valence-electron chi connectivity index (χ0n) is 9.23. The number of Topliss-reactive ketones (excluding diaryl/α,β-unsaturated/α-hetero) is 1. The van der Waals surface area contributed by atoms with Gasteiger partial charge in [0.1, 0.15) is 5.69 Å². The maximum Gasteiger partial charge on any atom is 0.197 e. The third-order valence-corrected chi connectivity index (χ3v) is 3.23. The Balaban J connectivity index is 2.53. The molecule has 0 aliphatic carbocycles. The molecule has 0 aliphatic rings.